The molecule has 0 heterocycles. The molecule has 0 spiro atoms. The summed E-state index contributed by atoms with van der Waals surface area (Å²) in [4.78, 5) is 2.33. The van der Waals surface area contributed by atoms with Gasteiger partial charge in [-0.15, -0.1) is 0 Å². The van der Waals surface area contributed by atoms with Gasteiger partial charge in [0, 0.05) is 30.9 Å². The summed E-state index contributed by atoms with van der Waals surface area (Å²) in [5, 5.41) is 9.42. The summed E-state index contributed by atoms with van der Waals surface area (Å²) in [6.07, 6.45) is 4.25. The minimum atomic E-state index is 0.118. The van der Waals surface area contributed by atoms with E-state index in [-0.39, 0.29) is 5.41 Å². The van der Waals surface area contributed by atoms with Crippen molar-refractivity contribution in [1.82, 2.24) is 4.90 Å². The normalized spacial score (nSPS) is 12.4. The molecule has 0 rings (SSSR count). The SMILES string of the molecule is CCC(CC)(CO)CN(C)CCSC. The van der Waals surface area contributed by atoms with Gasteiger partial charge < -0.3 is 10.0 Å². The quantitative estimate of drug-likeness (QED) is 0.676. The fourth-order valence-corrected chi connectivity index (χ4v) is 2.14. The van der Waals surface area contributed by atoms with Crippen molar-refractivity contribution >= 4 is 11.8 Å². The molecule has 0 aromatic heterocycles. The molecule has 0 aromatic rings. The zero-order valence-electron chi connectivity index (χ0n) is 10.0. The van der Waals surface area contributed by atoms with Gasteiger partial charge in [0.15, 0.2) is 0 Å². The van der Waals surface area contributed by atoms with E-state index in [4.69, 9.17) is 0 Å². The van der Waals surface area contributed by atoms with Gasteiger partial charge in [-0.25, -0.2) is 0 Å². The van der Waals surface area contributed by atoms with Crippen LogP contribution in [0.4, 0.5) is 0 Å². The minimum Gasteiger partial charge on any atom is -0.396 e. The van der Waals surface area contributed by atoms with Gasteiger partial charge in [0.25, 0.3) is 0 Å². The van der Waals surface area contributed by atoms with Crippen LogP contribution in [0.2, 0.25) is 0 Å². The summed E-state index contributed by atoms with van der Waals surface area (Å²) in [7, 11) is 2.14. The van der Waals surface area contributed by atoms with E-state index in [0.29, 0.717) is 6.61 Å². The Morgan fingerprint density at radius 2 is 1.86 bits per heavy atom. The monoisotopic (exact) mass is 219 g/mol. The maximum atomic E-state index is 9.42. The number of rotatable bonds is 8. The first-order valence-electron chi connectivity index (χ1n) is 5.42. The van der Waals surface area contributed by atoms with Crippen LogP contribution in [0.3, 0.4) is 0 Å². The van der Waals surface area contributed by atoms with Crippen LogP contribution in [0.15, 0.2) is 0 Å². The molecule has 2 nitrogen and oxygen atoms in total. The van der Waals surface area contributed by atoms with E-state index in [1.54, 1.807) is 0 Å². The van der Waals surface area contributed by atoms with E-state index in [0.717, 1.165) is 25.9 Å². The van der Waals surface area contributed by atoms with Gasteiger partial charge in [-0.1, -0.05) is 13.8 Å². The Bertz CT molecular complexity index is 129. The lowest BCUT2D eigenvalue weighted by molar-refractivity contribution is 0.0777. The summed E-state index contributed by atoms with van der Waals surface area (Å²) in [5.74, 6) is 1.17. The molecule has 3 heteroatoms. The van der Waals surface area contributed by atoms with Crippen molar-refractivity contribution in [3.63, 3.8) is 0 Å². The van der Waals surface area contributed by atoms with Crippen LogP contribution >= 0.6 is 11.8 Å². The molecular weight excluding hydrogens is 194 g/mol. The summed E-state index contributed by atoms with van der Waals surface area (Å²) in [6, 6.07) is 0. The molecular formula is C11H25NOS. The van der Waals surface area contributed by atoms with Crippen LogP contribution in [0.5, 0.6) is 0 Å². The highest BCUT2D eigenvalue weighted by atomic mass is 32.2. The fourth-order valence-electron chi connectivity index (χ4n) is 1.65. The van der Waals surface area contributed by atoms with E-state index in [1.807, 2.05) is 11.8 Å². The van der Waals surface area contributed by atoms with Crippen LogP contribution in [0.1, 0.15) is 26.7 Å². The Morgan fingerprint density at radius 3 is 2.21 bits per heavy atom. The fraction of sp³-hybridized carbons (Fsp3) is 1.00. The predicted molar refractivity (Wildman–Crippen MR) is 66.0 cm³/mol. The average molecular weight is 219 g/mol. The second-order valence-corrected chi connectivity index (χ2v) is 5.08. The van der Waals surface area contributed by atoms with Gasteiger partial charge in [-0.2, -0.15) is 11.8 Å². The molecule has 86 valence electrons. The number of thioether (sulfide) groups is 1. The molecule has 0 fully saturated rings. The first kappa shape index (κ1) is 14.3. The Morgan fingerprint density at radius 1 is 1.29 bits per heavy atom. The Hall–Kier alpha value is 0.270. The van der Waals surface area contributed by atoms with Gasteiger partial charge in [0.1, 0.15) is 0 Å². The van der Waals surface area contributed by atoms with Crippen molar-refractivity contribution in [2.24, 2.45) is 5.41 Å². The van der Waals surface area contributed by atoms with Gasteiger partial charge in [0.05, 0.1) is 0 Å². The zero-order chi connectivity index (χ0) is 11.0. The lowest BCUT2D eigenvalue weighted by atomic mass is 9.83. The molecule has 0 atom stereocenters. The van der Waals surface area contributed by atoms with Crippen molar-refractivity contribution in [3.8, 4) is 0 Å². The van der Waals surface area contributed by atoms with E-state index >= 15 is 0 Å². The van der Waals surface area contributed by atoms with Crippen molar-refractivity contribution < 1.29 is 5.11 Å². The lowest BCUT2D eigenvalue weighted by Crippen LogP contribution is -2.38. The maximum absolute atomic E-state index is 9.42. The molecule has 0 saturated heterocycles. The first-order chi connectivity index (χ1) is 6.64. The van der Waals surface area contributed by atoms with Crippen molar-refractivity contribution in [3.05, 3.63) is 0 Å². The molecule has 0 aliphatic heterocycles. The van der Waals surface area contributed by atoms with Crippen molar-refractivity contribution in [2.45, 2.75) is 26.7 Å². The predicted octanol–water partition coefficient (Wildman–Crippen LogP) is 2.08. The molecule has 0 radical (unpaired) electrons. The van der Waals surface area contributed by atoms with Gasteiger partial charge in [0.2, 0.25) is 0 Å². The van der Waals surface area contributed by atoms with Crippen LogP contribution in [-0.4, -0.2) is 48.8 Å². The first-order valence-corrected chi connectivity index (χ1v) is 6.82. The number of hydrogen-bond donors (Lipinski definition) is 1. The topological polar surface area (TPSA) is 23.5 Å². The second kappa shape index (κ2) is 7.55. The number of aliphatic hydroxyl groups excluding tert-OH is 1. The molecule has 0 amide bonds. The van der Waals surface area contributed by atoms with Crippen LogP contribution < -0.4 is 0 Å². The highest BCUT2D eigenvalue weighted by molar-refractivity contribution is 7.98. The third-order valence-electron chi connectivity index (χ3n) is 3.12. The van der Waals surface area contributed by atoms with Gasteiger partial charge in [-0.05, 0) is 26.1 Å². The van der Waals surface area contributed by atoms with Gasteiger partial charge in [-0.3, -0.25) is 0 Å². The lowest BCUT2D eigenvalue weighted by Gasteiger charge is -2.33. The van der Waals surface area contributed by atoms with Gasteiger partial charge >= 0.3 is 0 Å². The summed E-state index contributed by atoms with van der Waals surface area (Å²) < 4.78 is 0. The summed E-state index contributed by atoms with van der Waals surface area (Å²) >= 11 is 1.87. The van der Waals surface area contributed by atoms with Crippen molar-refractivity contribution in [2.75, 3.05) is 38.8 Å². The Labute approximate surface area is 93.1 Å². The average Bonchev–Trinajstić information content (AvgIpc) is 2.23. The molecule has 0 aliphatic rings. The molecule has 0 unspecified atom stereocenters. The highest BCUT2D eigenvalue weighted by Crippen LogP contribution is 2.26. The van der Waals surface area contributed by atoms with E-state index in [9.17, 15) is 5.11 Å². The number of nitrogens with zero attached hydrogens (tertiary/aromatic N) is 1. The zero-order valence-corrected chi connectivity index (χ0v) is 10.9. The molecule has 1 N–H and O–H groups in total. The van der Waals surface area contributed by atoms with Crippen LogP contribution in [0, 0.1) is 5.41 Å². The molecule has 0 aliphatic carbocycles. The van der Waals surface area contributed by atoms with Crippen molar-refractivity contribution in [1.29, 1.82) is 0 Å². The van der Waals surface area contributed by atoms with E-state index < -0.39 is 0 Å². The third kappa shape index (κ3) is 4.67. The number of aliphatic hydroxyl groups is 1. The summed E-state index contributed by atoms with van der Waals surface area (Å²) in [5.41, 5.74) is 0.118. The number of hydrogen-bond acceptors (Lipinski definition) is 3. The largest absolute Gasteiger partial charge is 0.396 e. The van der Waals surface area contributed by atoms with Crippen LogP contribution in [-0.2, 0) is 0 Å². The van der Waals surface area contributed by atoms with E-state index in [1.165, 1.54) is 5.75 Å². The summed E-state index contributed by atoms with van der Waals surface area (Å²) in [6.45, 7) is 6.77. The van der Waals surface area contributed by atoms with E-state index in [2.05, 4.69) is 32.1 Å². The highest BCUT2D eigenvalue weighted by Gasteiger charge is 2.26. The molecule has 0 aromatic carbocycles. The molecule has 14 heavy (non-hydrogen) atoms. The second-order valence-electron chi connectivity index (χ2n) is 4.10. The molecule has 0 saturated carbocycles. The smallest absolute Gasteiger partial charge is 0.0499 e. The Kier molecular flexibility index (Phi) is 7.69. The van der Waals surface area contributed by atoms with Crippen LogP contribution in [0.25, 0.3) is 0 Å². The Balaban J connectivity index is 4.01. The molecule has 0 bridgehead atoms. The standard InChI is InChI=1S/C11H25NOS/c1-5-11(6-2,10-13)9-12(3)7-8-14-4/h13H,5-10H2,1-4H3. The minimum absolute atomic E-state index is 0.118. The maximum Gasteiger partial charge on any atom is 0.0499 e. The third-order valence-corrected chi connectivity index (χ3v) is 3.71.